The molecule has 9 heteroatoms. The van der Waals surface area contributed by atoms with Gasteiger partial charge in [0.2, 0.25) is 5.88 Å². The van der Waals surface area contributed by atoms with E-state index in [1.807, 2.05) is 13.0 Å². The molecule has 1 aromatic carbocycles. The second-order valence-corrected chi connectivity index (χ2v) is 8.46. The van der Waals surface area contributed by atoms with Crippen molar-refractivity contribution in [1.82, 2.24) is 4.57 Å². The second kappa shape index (κ2) is 11.2. The number of aromatic nitrogens is 1. The van der Waals surface area contributed by atoms with E-state index in [0.29, 0.717) is 40.7 Å². The molecule has 0 fully saturated rings. The summed E-state index contributed by atoms with van der Waals surface area (Å²) in [6, 6.07) is 7.35. The molecule has 1 aromatic heterocycles. The Kier molecular flexibility index (Phi) is 8.30. The van der Waals surface area contributed by atoms with Gasteiger partial charge in [-0.3, -0.25) is 4.79 Å². The van der Waals surface area contributed by atoms with Gasteiger partial charge >= 0.3 is 0 Å². The van der Waals surface area contributed by atoms with Crippen molar-refractivity contribution in [1.29, 1.82) is 5.26 Å². The lowest BCUT2D eigenvalue weighted by atomic mass is 9.83. The van der Waals surface area contributed by atoms with Gasteiger partial charge < -0.3 is 34.1 Å². The number of benzene rings is 1. The summed E-state index contributed by atoms with van der Waals surface area (Å²) in [7, 11) is 4.57. The number of quaternary nitrogens is 1. The number of fused-ring (bicyclic) bond motifs is 1. The molecule has 0 bridgehead atoms. The smallest absolute Gasteiger partial charge is 0.258 e. The fraction of sp³-hybridized carbons (Fsp3) is 0.462. The van der Waals surface area contributed by atoms with E-state index in [1.54, 1.807) is 16.7 Å². The largest absolute Gasteiger partial charge is 0.496 e. The number of hydrogen-bond donors (Lipinski definition) is 2. The lowest BCUT2D eigenvalue weighted by Gasteiger charge is -2.28. The SMILES string of the molecule is CC[NH+](CC)CCCn1c(C)cc2c(c1=O)[C@@H](c1cc(OC)c(OC)cc1OC)C(C#N)=C(N)O2. The van der Waals surface area contributed by atoms with E-state index in [1.165, 1.54) is 26.2 Å². The van der Waals surface area contributed by atoms with Crippen LogP contribution in [0.5, 0.6) is 23.0 Å². The van der Waals surface area contributed by atoms with Gasteiger partial charge in [-0.2, -0.15) is 5.26 Å². The Labute approximate surface area is 206 Å². The van der Waals surface area contributed by atoms with Gasteiger partial charge in [-0.15, -0.1) is 0 Å². The minimum absolute atomic E-state index is 0.0384. The Hall–Kier alpha value is -3.64. The predicted octanol–water partition coefficient (Wildman–Crippen LogP) is 1.72. The average Bonchev–Trinajstić information content (AvgIpc) is 2.86. The monoisotopic (exact) mass is 483 g/mol. The summed E-state index contributed by atoms with van der Waals surface area (Å²) in [6.45, 7) is 9.81. The molecule has 1 aliphatic rings. The number of rotatable bonds is 10. The molecule has 0 amide bonds. The van der Waals surface area contributed by atoms with Crippen LogP contribution in [0.2, 0.25) is 0 Å². The van der Waals surface area contributed by atoms with E-state index in [0.717, 1.165) is 31.7 Å². The maximum atomic E-state index is 13.9. The fourth-order valence-electron chi connectivity index (χ4n) is 4.64. The van der Waals surface area contributed by atoms with Crippen LogP contribution >= 0.6 is 0 Å². The van der Waals surface area contributed by atoms with Gasteiger partial charge in [-0.25, -0.2) is 0 Å². The molecule has 0 aliphatic carbocycles. The summed E-state index contributed by atoms with van der Waals surface area (Å²) in [5, 5.41) is 10.0. The molecule has 0 spiro atoms. The molecule has 188 valence electrons. The first kappa shape index (κ1) is 26.0. The van der Waals surface area contributed by atoms with Crippen LogP contribution < -0.4 is 35.1 Å². The van der Waals surface area contributed by atoms with E-state index in [4.69, 9.17) is 24.7 Å². The van der Waals surface area contributed by atoms with E-state index in [9.17, 15) is 10.1 Å². The minimum Gasteiger partial charge on any atom is -0.496 e. The summed E-state index contributed by atoms with van der Waals surface area (Å²) in [5.74, 6) is 0.877. The molecular weight excluding hydrogens is 448 g/mol. The summed E-state index contributed by atoms with van der Waals surface area (Å²) in [4.78, 5) is 15.4. The van der Waals surface area contributed by atoms with Crippen LogP contribution in [0, 0.1) is 18.3 Å². The van der Waals surface area contributed by atoms with Crippen LogP contribution in [0.4, 0.5) is 0 Å². The number of aryl methyl sites for hydroxylation is 1. The second-order valence-electron chi connectivity index (χ2n) is 8.46. The number of nitrogens with one attached hydrogen (secondary N) is 1. The molecule has 2 aromatic rings. The van der Waals surface area contributed by atoms with Crippen molar-refractivity contribution in [3.63, 3.8) is 0 Å². The van der Waals surface area contributed by atoms with Crippen LogP contribution in [0.15, 0.2) is 34.4 Å². The number of methoxy groups -OCH3 is 3. The molecule has 1 aliphatic heterocycles. The highest BCUT2D eigenvalue weighted by Gasteiger charge is 2.36. The molecule has 1 atom stereocenters. The molecule has 0 saturated heterocycles. The highest BCUT2D eigenvalue weighted by atomic mass is 16.5. The summed E-state index contributed by atoms with van der Waals surface area (Å²) < 4.78 is 24.1. The van der Waals surface area contributed by atoms with Crippen LogP contribution in [0.1, 0.15) is 43.0 Å². The number of nitrogens with two attached hydrogens (primary N) is 1. The number of nitriles is 1. The van der Waals surface area contributed by atoms with Gasteiger partial charge in [0.25, 0.3) is 5.56 Å². The summed E-state index contributed by atoms with van der Waals surface area (Å²) in [5.41, 5.74) is 7.78. The van der Waals surface area contributed by atoms with Gasteiger partial charge in [-0.05, 0) is 26.8 Å². The standard InChI is InChI=1S/C26H34N4O5/c1-7-29(8-2)10-9-11-30-16(3)12-22-24(26(30)31)23(18(15-27)25(28)35-22)17-13-20(33-5)21(34-6)14-19(17)32-4/h12-14,23H,7-11,28H2,1-6H3/p+1/t23-/m0/s1. The van der Waals surface area contributed by atoms with Crippen molar-refractivity contribution >= 4 is 0 Å². The van der Waals surface area contributed by atoms with Crippen molar-refractivity contribution < 1.29 is 23.8 Å². The third-order valence-electron chi connectivity index (χ3n) is 6.65. The molecule has 35 heavy (non-hydrogen) atoms. The topological polar surface area (TPSA) is 113 Å². The number of allylic oxidation sites excluding steroid dienone is 1. The lowest BCUT2D eigenvalue weighted by molar-refractivity contribution is -0.896. The Morgan fingerprint density at radius 1 is 1.09 bits per heavy atom. The number of ether oxygens (including phenoxy) is 4. The number of pyridine rings is 1. The van der Waals surface area contributed by atoms with E-state index in [-0.39, 0.29) is 17.0 Å². The van der Waals surface area contributed by atoms with Gasteiger partial charge in [0.15, 0.2) is 11.5 Å². The fourth-order valence-corrected chi connectivity index (χ4v) is 4.64. The quantitative estimate of drug-likeness (QED) is 0.529. The van der Waals surface area contributed by atoms with E-state index < -0.39 is 5.92 Å². The first-order chi connectivity index (χ1) is 16.8. The summed E-state index contributed by atoms with van der Waals surface area (Å²) in [6.07, 6.45) is 0.852. The number of hydrogen-bond acceptors (Lipinski definition) is 7. The zero-order chi connectivity index (χ0) is 25.7. The first-order valence-electron chi connectivity index (χ1n) is 11.8. The van der Waals surface area contributed by atoms with Crippen molar-refractivity contribution in [3.8, 4) is 29.1 Å². The third kappa shape index (κ3) is 4.93. The maximum Gasteiger partial charge on any atom is 0.258 e. The Morgan fingerprint density at radius 2 is 1.71 bits per heavy atom. The van der Waals surface area contributed by atoms with Crippen LogP contribution in [0.3, 0.4) is 0 Å². The van der Waals surface area contributed by atoms with Crippen molar-refractivity contribution in [2.75, 3.05) is 41.0 Å². The normalized spacial score (nSPS) is 14.9. The predicted molar refractivity (Wildman–Crippen MR) is 132 cm³/mol. The van der Waals surface area contributed by atoms with Crippen molar-refractivity contribution in [2.45, 2.75) is 39.7 Å². The van der Waals surface area contributed by atoms with Gasteiger partial charge in [0.1, 0.15) is 23.1 Å². The number of nitrogens with zero attached hydrogens (tertiary/aromatic N) is 2. The van der Waals surface area contributed by atoms with E-state index >= 15 is 0 Å². The maximum absolute atomic E-state index is 13.9. The Balaban J connectivity index is 2.20. The van der Waals surface area contributed by atoms with E-state index in [2.05, 4.69) is 19.9 Å². The van der Waals surface area contributed by atoms with Crippen LogP contribution in [-0.4, -0.2) is 45.5 Å². The zero-order valence-corrected chi connectivity index (χ0v) is 21.4. The molecule has 0 radical (unpaired) electrons. The Morgan fingerprint density at radius 3 is 2.29 bits per heavy atom. The summed E-state index contributed by atoms with van der Waals surface area (Å²) >= 11 is 0. The van der Waals surface area contributed by atoms with Gasteiger partial charge in [0.05, 0.1) is 52.4 Å². The molecule has 0 unspecified atom stereocenters. The third-order valence-corrected chi connectivity index (χ3v) is 6.65. The molecule has 2 heterocycles. The van der Waals surface area contributed by atoms with Crippen molar-refractivity contribution in [2.24, 2.45) is 5.73 Å². The van der Waals surface area contributed by atoms with Gasteiger partial charge in [-0.1, -0.05) is 0 Å². The minimum atomic E-state index is -0.786. The van der Waals surface area contributed by atoms with Crippen LogP contribution in [-0.2, 0) is 6.54 Å². The Bertz CT molecular complexity index is 1210. The first-order valence-corrected chi connectivity index (χ1v) is 11.8. The average molecular weight is 484 g/mol. The van der Waals surface area contributed by atoms with Crippen LogP contribution in [0.25, 0.3) is 0 Å². The zero-order valence-electron chi connectivity index (χ0n) is 21.4. The molecule has 9 nitrogen and oxygen atoms in total. The lowest BCUT2D eigenvalue weighted by Crippen LogP contribution is -3.11. The highest BCUT2D eigenvalue weighted by molar-refractivity contribution is 5.61. The molecule has 3 rings (SSSR count). The molecular formula is C26H35N4O5+. The van der Waals surface area contributed by atoms with Gasteiger partial charge in [0, 0.05) is 36.4 Å². The highest BCUT2D eigenvalue weighted by Crippen LogP contribution is 2.46. The van der Waals surface area contributed by atoms with Crippen molar-refractivity contribution in [3.05, 3.63) is 56.8 Å². The molecule has 3 N–H and O–H groups in total. The molecule has 0 saturated carbocycles.